The minimum Gasteiger partial charge on any atom is -0.335 e. The number of carbonyl (C=O) groups excluding carboxylic acids is 1. The van der Waals surface area contributed by atoms with Crippen LogP contribution in [0.15, 0.2) is 23.6 Å². The molecule has 0 radical (unpaired) electrons. The Balaban J connectivity index is 1.53. The maximum absolute atomic E-state index is 12.2. The molecule has 4 rings (SSSR count). The first-order chi connectivity index (χ1) is 12.6. The molecule has 0 spiro atoms. The molecule has 3 aromatic rings. The number of amides is 2. The van der Waals surface area contributed by atoms with E-state index in [-0.39, 0.29) is 18.0 Å². The predicted molar refractivity (Wildman–Crippen MR) is 105 cm³/mol. The van der Waals surface area contributed by atoms with Crippen LogP contribution in [0.1, 0.15) is 32.1 Å². The Morgan fingerprint density at radius 1 is 1.23 bits per heavy atom. The van der Waals surface area contributed by atoms with Gasteiger partial charge >= 0.3 is 6.03 Å². The molecule has 0 atom stereocenters. The summed E-state index contributed by atoms with van der Waals surface area (Å²) in [4.78, 5) is 17.2. The molecule has 2 amide bonds. The molecule has 0 saturated heterocycles. The largest absolute Gasteiger partial charge is 0.335 e. The molecule has 0 aliphatic heterocycles. The normalized spacial score (nSPS) is 15.3. The summed E-state index contributed by atoms with van der Waals surface area (Å²) in [6, 6.07) is 5.28. The summed E-state index contributed by atoms with van der Waals surface area (Å²) in [7, 11) is 0. The number of halogens is 2. The third kappa shape index (κ3) is 3.65. The Kier molecular flexibility index (Phi) is 5.02. The van der Waals surface area contributed by atoms with Crippen LogP contribution in [0.3, 0.4) is 0 Å². The van der Waals surface area contributed by atoms with E-state index in [4.69, 9.17) is 23.2 Å². The average Bonchev–Trinajstić information content (AvgIpc) is 3.16. The quantitative estimate of drug-likeness (QED) is 0.622. The van der Waals surface area contributed by atoms with Crippen LogP contribution in [0.4, 0.5) is 10.7 Å². The summed E-state index contributed by atoms with van der Waals surface area (Å²) in [6.07, 6.45) is 5.62. The van der Waals surface area contributed by atoms with Crippen molar-refractivity contribution in [1.29, 1.82) is 0 Å². The van der Waals surface area contributed by atoms with E-state index < -0.39 is 0 Å². The number of benzene rings is 1. The number of fused-ring (bicyclic) bond motifs is 1. The van der Waals surface area contributed by atoms with Gasteiger partial charge in [-0.3, -0.25) is 5.32 Å². The molecular formula is C17H17Cl2N5OS. The number of hydrogen-bond acceptors (Lipinski definition) is 4. The van der Waals surface area contributed by atoms with Gasteiger partial charge in [0.25, 0.3) is 5.95 Å². The molecule has 136 valence electrons. The monoisotopic (exact) mass is 409 g/mol. The van der Waals surface area contributed by atoms with Crippen molar-refractivity contribution >= 4 is 51.5 Å². The highest BCUT2D eigenvalue weighted by atomic mass is 35.5. The van der Waals surface area contributed by atoms with E-state index in [1.54, 1.807) is 16.6 Å². The van der Waals surface area contributed by atoms with Crippen molar-refractivity contribution in [3.8, 4) is 11.3 Å². The van der Waals surface area contributed by atoms with E-state index in [0.717, 1.165) is 36.9 Å². The van der Waals surface area contributed by atoms with Gasteiger partial charge in [0, 0.05) is 22.0 Å². The first-order valence-corrected chi connectivity index (χ1v) is 10.1. The van der Waals surface area contributed by atoms with E-state index >= 15 is 0 Å². The van der Waals surface area contributed by atoms with Crippen LogP contribution in [0, 0.1) is 0 Å². The lowest BCUT2D eigenvalue weighted by Crippen LogP contribution is -2.39. The highest BCUT2D eigenvalue weighted by Crippen LogP contribution is 2.33. The van der Waals surface area contributed by atoms with Crippen LogP contribution in [-0.4, -0.2) is 26.7 Å². The maximum Gasteiger partial charge on any atom is 0.321 e. The van der Waals surface area contributed by atoms with Crippen LogP contribution >= 0.6 is 34.5 Å². The van der Waals surface area contributed by atoms with Crippen LogP contribution in [0.25, 0.3) is 16.2 Å². The highest BCUT2D eigenvalue weighted by Gasteiger charge is 2.18. The second-order valence-corrected chi connectivity index (χ2v) is 7.99. The van der Waals surface area contributed by atoms with Crippen LogP contribution in [-0.2, 0) is 0 Å². The molecule has 9 heteroatoms. The average molecular weight is 410 g/mol. The number of rotatable bonds is 3. The zero-order chi connectivity index (χ0) is 18.1. The standard InChI is InChI=1S/C17H17Cl2N5OS/c18-10-6-7-12(13(19)8-10)14-9-26-17-22-15(23-24(14)17)21-16(25)20-11-4-2-1-3-5-11/h6-9,11H,1-5H2,(H2,20,21,23,25). The fourth-order valence-corrected chi connectivity index (χ4v) is 4.51. The highest BCUT2D eigenvalue weighted by molar-refractivity contribution is 7.15. The number of thiazole rings is 1. The molecule has 6 nitrogen and oxygen atoms in total. The molecule has 2 heterocycles. The van der Waals surface area contributed by atoms with Crippen molar-refractivity contribution in [3.05, 3.63) is 33.6 Å². The van der Waals surface area contributed by atoms with Crippen LogP contribution < -0.4 is 10.6 Å². The summed E-state index contributed by atoms with van der Waals surface area (Å²) in [6.45, 7) is 0. The SMILES string of the molecule is O=C(Nc1nc2scc(-c3ccc(Cl)cc3Cl)n2n1)NC1CCCCC1. The van der Waals surface area contributed by atoms with E-state index in [9.17, 15) is 4.79 Å². The number of nitrogens with zero attached hydrogens (tertiary/aromatic N) is 3. The fourth-order valence-electron chi connectivity index (χ4n) is 3.19. The maximum atomic E-state index is 12.2. The fraction of sp³-hybridized carbons (Fsp3) is 0.353. The Morgan fingerprint density at radius 3 is 2.81 bits per heavy atom. The van der Waals surface area contributed by atoms with Gasteiger partial charge < -0.3 is 5.32 Å². The lowest BCUT2D eigenvalue weighted by Gasteiger charge is -2.22. The molecule has 1 saturated carbocycles. The number of hydrogen-bond donors (Lipinski definition) is 2. The summed E-state index contributed by atoms with van der Waals surface area (Å²) in [5.41, 5.74) is 1.62. The Labute approximate surface area is 164 Å². The summed E-state index contributed by atoms with van der Waals surface area (Å²) >= 11 is 13.7. The topological polar surface area (TPSA) is 71.3 Å². The van der Waals surface area contributed by atoms with Crippen molar-refractivity contribution in [3.63, 3.8) is 0 Å². The number of carbonyl (C=O) groups is 1. The molecular weight excluding hydrogens is 393 g/mol. The molecule has 1 fully saturated rings. The lowest BCUT2D eigenvalue weighted by atomic mass is 9.96. The van der Waals surface area contributed by atoms with Crippen molar-refractivity contribution in [1.82, 2.24) is 19.9 Å². The van der Waals surface area contributed by atoms with Gasteiger partial charge in [0.2, 0.25) is 4.96 Å². The van der Waals surface area contributed by atoms with Gasteiger partial charge in [-0.1, -0.05) is 42.5 Å². The van der Waals surface area contributed by atoms with E-state index in [2.05, 4.69) is 20.7 Å². The zero-order valence-corrected chi connectivity index (χ0v) is 16.2. The van der Waals surface area contributed by atoms with Crippen molar-refractivity contribution in [2.45, 2.75) is 38.1 Å². The van der Waals surface area contributed by atoms with Gasteiger partial charge in [0.15, 0.2) is 0 Å². The van der Waals surface area contributed by atoms with Gasteiger partial charge in [0.1, 0.15) is 0 Å². The molecule has 26 heavy (non-hydrogen) atoms. The van der Waals surface area contributed by atoms with Gasteiger partial charge in [-0.2, -0.15) is 4.98 Å². The van der Waals surface area contributed by atoms with Crippen LogP contribution in [0.5, 0.6) is 0 Å². The Bertz CT molecular complexity index is 948. The molecule has 1 aliphatic rings. The predicted octanol–water partition coefficient (Wildman–Crippen LogP) is 5.22. The van der Waals surface area contributed by atoms with Crippen molar-refractivity contribution in [2.24, 2.45) is 0 Å². The molecule has 0 unspecified atom stereocenters. The van der Waals surface area contributed by atoms with Gasteiger partial charge in [-0.05, 0) is 31.0 Å². The molecule has 0 bridgehead atoms. The van der Waals surface area contributed by atoms with Crippen molar-refractivity contribution < 1.29 is 4.79 Å². The first-order valence-electron chi connectivity index (χ1n) is 8.47. The number of anilines is 1. The van der Waals surface area contributed by atoms with Gasteiger partial charge in [-0.25, -0.2) is 9.31 Å². The molecule has 1 aromatic carbocycles. The third-order valence-corrected chi connectivity index (χ3v) is 5.82. The summed E-state index contributed by atoms with van der Waals surface area (Å²) in [5.74, 6) is 0.275. The smallest absolute Gasteiger partial charge is 0.321 e. The second kappa shape index (κ2) is 7.42. The Hall–Kier alpha value is -1.83. The number of urea groups is 1. The van der Waals surface area contributed by atoms with Gasteiger partial charge in [-0.15, -0.1) is 16.4 Å². The summed E-state index contributed by atoms with van der Waals surface area (Å²) < 4.78 is 1.68. The van der Waals surface area contributed by atoms with E-state index in [0.29, 0.717) is 15.0 Å². The third-order valence-electron chi connectivity index (χ3n) is 4.45. The van der Waals surface area contributed by atoms with Crippen LogP contribution in [0.2, 0.25) is 10.0 Å². The minimum atomic E-state index is -0.263. The minimum absolute atomic E-state index is 0.232. The summed E-state index contributed by atoms with van der Waals surface area (Å²) in [5, 5.41) is 13.2. The molecule has 2 aromatic heterocycles. The molecule has 2 N–H and O–H groups in total. The van der Waals surface area contributed by atoms with Crippen molar-refractivity contribution in [2.75, 3.05) is 5.32 Å². The number of aromatic nitrogens is 3. The second-order valence-electron chi connectivity index (χ2n) is 6.31. The lowest BCUT2D eigenvalue weighted by molar-refractivity contribution is 0.244. The number of nitrogens with one attached hydrogen (secondary N) is 2. The van der Waals surface area contributed by atoms with Gasteiger partial charge in [0.05, 0.1) is 10.7 Å². The Morgan fingerprint density at radius 2 is 2.04 bits per heavy atom. The zero-order valence-electron chi connectivity index (χ0n) is 13.8. The van der Waals surface area contributed by atoms with E-state index in [1.807, 2.05) is 11.4 Å². The van der Waals surface area contributed by atoms with E-state index in [1.165, 1.54) is 17.8 Å². The first kappa shape index (κ1) is 17.6. The molecule has 1 aliphatic carbocycles.